The van der Waals surface area contributed by atoms with Crippen LogP contribution in [0.15, 0.2) is 36.7 Å². The third kappa shape index (κ3) is 3.62. The predicted molar refractivity (Wildman–Crippen MR) is 87.8 cm³/mol. The first-order chi connectivity index (χ1) is 11.6. The van der Waals surface area contributed by atoms with Gasteiger partial charge in [-0.2, -0.15) is 5.10 Å². The number of carbonyl (C=O) groups excluding carboxylic acids is 2. The normalized spacial score (nSPS) is 14.5. The van der Waals surface area contributed by atoms with E-state index in [-0.39, 0.29) is 11.8 Å². The first kappa shape index (κ1) is 16.2. The molecule has 0 saturated carbocycles. The Balaban J connectivity index is 1.83. The average Bonchev–Trinajstić information content (AvgIpc) is 3.09. The van der Waals surface area contributed by atoms with Crippen LogP contribution in [0.5, 0.6) is 0 Å². The predicted octanol–water partition coefficient (Wildman–Crippen LogP) is 0.981. The van der Waals surface area contributed by atoms with Crippen molar-refractivity contribution in [2.75, 3.05) is 26.3 Å². The van der Waals surface area contributed by atoms with Crippen LogP contribution in [0.25, 0.3) is 5.69 Å². The van der Waals surface area contributed by atoms with Crippen LogP contribution in [-0.2, 0) is 16.1 Å². The average molecular weight is 328 g/mol. The van der Waals surface area contributed by atoms with E-state index in [2.05, 4.69) is 10.4 Å². The molecule has 1 aromatic carbocycles. The Labute approximate surface area is 140 Å². The van der Waals surface area contributed by atoms with Crippen LogP contribution in [0.4, 0.5) is 0 Å². The number of aromatic nitrogens is 2. The lowest BCUT2D eigenvalue weighted by atomic mass is 10.1. The Kier molecular flexibility index (Phi) is 4.90. The summed E-state index contributed by atoms with van der Waals surface area (Å²) in [6.45, 7) is 4.21. The molecule has 7 nitrogen and oxygen atoms in total. The first-order valence-corrected chi connectivity index (χ1v) is 7.89. The number of benzene rings is 1. The summed E-state index contributed by atoms with van der Waals surface area (Å²) >= 11 is 0. The van der Waals surface area contributed by atoms with Gasteiger partial charge in [0.2, 0.25) is 5.91 Å². The van der Waals surface area contributed by atoms with Gasteiger partial charge in [-0.1, -0.05) is 12.1 Å². The maximum atomic E-state index is 12.8. The van der Waals surface area contributed by atoms with Crippen molar-refractivity contribution in [3.63, 3.8) is 0 Å². The van der Waals surface area contributed by atoms with Gasteiger partial charge in [-0.15, -0.1) is 0 Å². The molecule has 7 heteroatoms. The van der Waals surface area contributed by atoms with Gasteiger partial charge in [0.25, 0.3) is 5.91 Å². The van der Waals surface area contributed by atoms with E-state index in [0.29, 0.717) is 38.4 Å². The minimum Gasteiger partial charge on any atom is -0.378 e. The molecule has 1 aromatic heterocycles. The Morgan fingerprint density at radius 2 is 2.00 bits per heavy atom. The zero-order valence-corrected chi connectivity index (χ0v) is 13.6. The van der Waals surface area contributed by atoms with Crippen molar-refractivity contribution in [1.29, 1.82) is 0 Å². The highest BCUT2D eigenvalue weighted by molar-refractivity contribution is 5.97. The third-order valence-corrected chi connectivity index (χ3v) is 3.86. The van der Waals surface area contributed by atoms with Crippen LogP contribution in [0.3, 0.4) is 0 Å². The first-order valence-electron chi connectivity index (χ1n) is 7.89. The van der Waals surface area contributed by atoms with Crippen LogP contribution >= 0.6 is 0 Å². The summed E-state index contributed by atoms with van der Waals surface area (Å²) in [5, 5.41) is 7.06. The molecule has 1 fully saturated rings. The van der Waals surface area contributed by atoms with Crippen molar-refractivity contribution in [2.45, 2.75) is 13.5 Å². The molecule has 1 N–H and O–H groups in total. The highest BCUT2D eigenvalue weighted by Gasteiger charge is 2.21. The molecule has 126 valence electrons. The molecule has 2 aromatic rings. The maximum absolute atomic E-state index is 12.8. The number of nitrogens with zero attached hydrogens (tertiary/aromatic N) is 3. The van der Waals surface area contributed by atoms with Crippen molar-refractivity contribution in [1.82, 2.24) is 20.0 Å². The zero-order valence-electron chi connectivity index (χ0n) is 13.6. The summed E-state index contributed by atoms with van der Waals surface area (Å²) in [7, 11) is 0. The van der Waals surface area contributed by atoms with Gasteiger partial charge >= 0.3 is 0 Å². The number of rotatable bonds is 4. The van der Waals surface area contributed by atoms with E-state index in [1.54, 1.807) is 15.8 Å². The number of ether oxygens (including phenoxy) is 1. The molecule has 0 spiro atoms. The molecule has 1 saturated heterocycles. The van der Waals surface area contributed by atoms with Gasteiger partial charge in [-0.05, 0) is 12.1 Å². The van der Waals surface area contributed by atoms with E-state index in [9.17, 15) is 9.59 Å². The molecule has 3 rings (SSSR count). The Morgan fingerprint density at radius 3 is 2.75 bits per heavy atom. The van der Waals surface area contributed by atoms with Crippen molar-refractivity contribution >= 4 is 11.8 Å². The molecule has 24 heavy (non-hydrogen) atoms. The summed E-state index contributed by atoms with van der Waals surface area (Å²) in [6, 6.07) is 7.39. The van der Waals surface area contributed by atoms with Crippen molar-refractivity contribution < 1.29 is 14.3 Å². The topological polar surface area (TPSA) is 76.5 Å². The summed E-state index contributed by atoms with van der Waals surface area (Å²) < 4.78 is 6.98. The second-order valence-electron chi connectivity index (χ2n) is 5.62. The fraction of sp³-hybridized carbons (Fsp3) is 0.353. The fourth-order valence-corrected chi connectivity index (χ4v) is 2.60. The third-order valence-electron chi connectivity index (χ3n) is 3.86. The van der Waals surface area contributed by atoms with Gasteiger partial charge < -0.3 is 15.0 Å². The van der Waals surface area contributed by atoms with E-state index < -0.39 is 0 Å². The number of morpholine rings is 1. The van der Waals surface area contributed by atoms with Gasteiger partial charge in [-0.3, -0.25) is 9.59 Å². The molecule has 1 aliphatic rings. The maximum Gasteiger partial charge on any atom is 0.256 e. The number of carbonyl (C=O) groups is 2. The molecule has 0 unspecified atom stereocenters. The summed E-state index contributed by atoms with van der Waals surface area (Å²) in [5.74, 6) is -0.113. The molecule has 0 atom stereocenters. The van der Waals surface area contributed by atoms with Crippen molar-refractivity contribution in [2.24, 2.45) is 0 Å². The number of hydrogen-bond donors (Lipinski definition) is 1. The van der Waals surface area contributed by atoms with Gasteiger partial charge in [0, 0.05) is 38.3 Å². The van der Waals surface area contributed by atoms with Gasteiger partial charge in [0.1, 0.15) is 0 Å². The molecule has 2 amide bonds. The quantitative estimate of drug-likeness (QED) is 0.908. The highest BCUT2D eigenvalue weighted by Crippen LogP contribution is 2.17. The Morgan fingerprint density at radius 1 is 1.25 bits per heavy atom. The molecule has 0 bridgehead atoms. The lowest BCUT2D eigenvalue weighted by Crippen LogP contribution is -2.41. The molecular weight excluding hydrogens is 308 g/mol. The molecule has 1 aliphatic heterocycles. The fourth-order valence-electron chi connectivity index (χ4n) is 2.60. The lowest BCUT2D eigenvalue weighted by molar-refractivity contribution is -0.119. The SMILES string of the molecule is CC(=O)NCc1cnn(-c2ccccc2C(=O)N2CCOCC2)c1. The lowest BCUT2D eigenvalue weighted by Gasteiger charge is -2.27. The summed E-state index contributed by atoms with van der Waals surface area (Å²) in [4.78, 5) is 25.6. The summed E-state index contributed by atoms with van der Waals surface area (Å²) in [6.07, 6.45) is 3.51. The molecular formula is C17H20N4O3. The highest BCUT2D eigenvalue weighted by atomic mass is 16.5. The van der Waals surface area contributed by atoms with Crippen LogP contribution < -0.4 is 5.32 Å². The van der Waals surface area contributed by atoms with Crippen LogP contribution in [0.2, 0.25) is 0 Å². The molecule has 2 heterocycles. The number of hydrogen-bond acceptors (Lipinski definition) is 4. The Bertz CT molecular complexity index is 735. The van der Waals surface area contributed by atoms with E-state index in [1.807, 2.05) is 30.5 Å². The second-order valence-corrected chi connectivity index (χ2v) is 5.62. The van der Waals surface area contributed by atoms with Crippen molar-refractivity contribution in [3.8, 4) is 5.69 Å². The summed E-state index contributed by atoms with van der Waals surface area (Å²) in [5.41, 5.74) is 2.20. The van der Waals surface area contributed by atoms with E-state index in [0.717, 1.165) is 11.3 Å². The van der Waals surface area contributed by atoms with Gasteiger partial charge in [0.05, 0.1) is 30.7 Å². The molecule has 0 aliphatic carbocycles. The van der Waals surface area contributed by atoms with Crippen LogP contribution in [0, 0.1) is 0 Å². The van der Waals surface area contributed by atoms with Gasteiger partial charge in [-0.25, -0.2) is 4.68 Å². The number of amides is 2. The largest absolute Gasteiger partial charge is 0.378 e. The van der Waals surface area contributed by atoms with E-state index >= 15 is 0 Å². The van der Waals surface area contributed by atoms with Crippen LogP contribution in [-0.4, -0.2) is 52.8 Å². The zero-order chi connectivity index (χ0) is 16.9. The monoisotopic (exact) mass is 328 g/mol. The smallest absolute Gasteiger partial charge is 0.256 e. The van der Waals surface area contributed by atoms with E-state index in [4.69, 9.17) is 4.74 Å². The van der Waals surface area contributed by atoms with Crippen molar-refractivity contribution in [3.05, 3.63) is 47.8 Å². The standard InChI is InChI=1S/C17H20N4O3/c1-13(22)18-10-14-11-19-21(12-14)16-5-3-2-4-15(16)17(23)20-6-8-24-9-7-20/h2-5,11-12H,6-10H2,1H3,(H,18,22). The minimum atomic E-state index is -0.0920. The number of para-hydroxylation sites is 1. The van der Waals surface area contributed by atoms with E-state index in [1.165, 1.54) is 6.92 Å². The second kappa shape index (κ2) is 7.27. The number of nitrogens with one attached hydrogen (secondary N) is 1. The van der Waals surface area contributed by atoms with Gasteiger partial charge in [0.15, 0.2) is 0 Å². The van der Waals surface area contributed by atoms with Crippen LogP contribution in [0.1, 0.15) is 22.8 Å². The molecule has 0 radical (unpaired) electrons. The minimum absolute atomic E-state index is 0.0205. The Hall–Kier alpha value is -2.67.